The van der Waals surface area contributed by atoms with Crippen molar-refractivity contribution in [2.45, 2.75) is 6.42 Å². The number of benzene rings is 2. The maximum Gasteiger partial charge on any atom is 0.0911 e. The summed E-state index contributed by atoms with van der Waals surface area (Å²) in [6.45, 7) is 4.05. The molecule has 2 aromatic rings. The van der Waals surface area contributed by atoms with E-state index in [9.17, 15) is 5.21 Å². The van der Waals surface area contributed by atoms with Crippen LogP contribution in [0.5, 0.6) is 0 Å². The van der Waals surface area contributed by atoms with Gasteiger partial charge in [0.1, 0.15) is 0 Å². The lowest BCUT2D eigenvalue weighted by Crippen LogP contribution is -2.02. The fourth-order valence-electron chi connectivity index (χ4n) is 1.82. The third-order valence-corrected chi connectivity index (χ3v) is 3.39. The fourth-order valence-corrected chi connectivity index (χ4v) is 2.08. The highest BCUT2D eigenvalue weighted by Gasteiger charge is 2.08. The quantitative estimate of drug-likeness (QED) is 0.493. The van der Waals surface area contributed by atoms with E-state index in [-0.39, 0.29) is 0 Å². The number of nitrogens with zero attached hydrogens (tertiary/aromatic N) is 1. The van der Waals surface area contributed by atoms with Crippen LogP contribution in [0.15, 0.2) is 70.8 Å². The van der Waals surface area contributed by atoms with Crippen LogP contribution in [-0.4, -0.2) is 10.9 Å². The van der Waals surface area contributed by atoms with E-state index < -0.39 is 0 Å². The van der Waals surface area contributed by atoms with Gasteiger partial charge in [0.15, 0.2) is 0 Å². The van der Waals surface area contributed by atoms with Crippen LogP contribution in [0.1, 0.15) is 17.5 Å². The van der Waals surface area contributed by atoms with Crippen molar-refractivity contribution in [2.75, 3.05) is 0 Å². The summed E-state index contributed by atoms with van der Waals surface area (Å²) in [5.74, 6) is 0. The van der Waals surface area contributed by atoms with Crippen molar-refractivity contribution in [3.63, 3.8) is 0 Å². The second-order valence-corrected chi connectivity index (χ2v) is 5.12. The Hall–Kier alpha value is -1.87. The Morgan fingerprint density at radius 1 is 1.00 bits per heavy atom. The Bertz CT molecular complexity index is 588. The molecule has 0 amide bonds. The van der Waals surface area contributed by atoms with Crippen LogP contribution < -0.4 is 0 Å². The number of halogens is 1. The van der Waals surface area contributed by atoms with Gasteiger partial charge < -0.3 is 5.21 Å². The van der Waals surface area contributed by atoms with Gasteiger partial charge in [-0.15, -0.1) is 0 Å². The van der Waals surface area contributed by atoms with Crippen LogP contribution in [0.2, 0.25) is 0 Å². The number of hydrogen-bond acceptors (Lipinski definition) is 2. The maximum atomic E-state index is 9.18. The van der Waals surface area contributed by atoms with E-state index in [1.165, 1.54) is 0 Å². The summed E-state index contributed by atoms with van der Waals surface area (Å²) in [7, 11) is 0. The zero-order valence-corrected chi connectivity index (χ0v) is 12.0. The Kier molecular flexibility index (Phi) is 4.53. The highest BCUT2D eigenvalue weighted by Crippen LogP contribution is 2.20. The highest BCUT2D eigenvalue weighted by atomic mass is 79.9. The normalized spacial score (nSPS) is 11.3. The smallest absolute Gasteiger partial charge is 0.0911 e. The summed E-state index contributed by atoms with van der Waals surface area (Å²) in [5.41, 5.74) is 3.49. The van der Waals surface area contributed by atoms with E-state index in [0.717, 1.165) is 21.2 Å². The topological polar surface area (TPSA) is 32.6 Å². The van der Waals surface area contributed by atoms with Gasteiger partial charge in [-0.25, -0.2) is 0 Å². The lowest BCUT2D eigenvalue weighted by Gasteiger charge is -2.08. The van der Waals surface area contributed by atoms with Crippen molar-refractivity contribution >= 4 is 27.2 Å². The second-order valence-electron chi connectivity index (χ2n) is 4.20. The zero-order chi connectivity index (χ0) is 13.7. The Morgan fingerprint density at radius 2 is 1.63 bits per heavy atom. The molecule has 0 fully saturated rings. The highest BCUT2D eigenvalue weighted by molar-refractivity contribution is 9.10. The van der Waals surface area contributed by atoms with E-state index in [0.29, 0.717) is 12.1 Å². The lowest BCUT2D eigenvalue weighted by atomic mass is 9.98. The molecule has 0 aromatic heterocycles. The molecule has 0 aliphatic rings. The standard InChI is InChI=1S/C16H14BrNO/c1-12(13-5-3-2-4-6-13)11-16(18-19)14-7-9-15(17)10-8-14/h2-10,19H,1,11H2. The largest absolute Gasteiger partial charge is 0.411 e. The molecule has 1 N–H and O–H groups in total. The minimum Gasteiger partial charge on any atom is -0.411 e. The molecule has 0 atom stereocenters. The third kappa shape index (κ3) is 3.55. The molecule has 0 bridgehead atoms. The molecular formula is C16H14BrNO. The average molecular weight is 316 g/mol. The van der Waals surface area contributed by atoms with E-state index in [1.807, 2.05) is 54.6 Å². The van der Waals surface area contributed by atoms with Gasteiger partial charge >= 0.3 is 0 Å². The Balaban J connectivity index is 2.17. The third-order valence-electron chi connectivity index (χ3n) is 2.86. The first-order valence-corrected chi connectivity index (χ1v) is 6.70. The van der Waals surface area contributed by atoms with E-state index >= 15 is 0 Å². The Morgan fingerprint density at radius 3 is 2.21 bits per heavy atom. The van der Waals surface area contributed by atoms with Gasteiger partial charge in [-0.1, -0.05) is 70.1 Å². The Labute approximate surface area is 121 Å². The molecule has 0 aliphatic carbocycles. The summed E-state index contributed by atoms with van der Waals surface area (Å²) in [4.78, 5) is 0. The van der Waals surface area contributed by atoms with Crippen LogP contribution in [0.25, 0.3) is 5.57 Å². The van der Waals surface area contributed by atoms with Crippen molar-refractivity contribution in [1.29, 1.82) is 0 Å². The summed E-state index contributed by atoms with van der Waals surface area (Å²) in [6.07, 6.45) is 0.516. The summed E-state index contributed by atoms with van der Waals surface area (Å²) in [6, 6.07) is 17.6. The monoisotopic (exact) mass is 315 g/mol. The fraction of sp³-hybridized carbons (Fsp3) is 0.0625. The molecule has 0 aliphatic heterocycles. The van der Waals surface area contributed by atoms with Crippen LogP contribution in [-0.2, 0) is 0 Å². The minimum absolute atomic E-state index is 0.516. The number of hydrogen-bond donors (Lipinski definition) is 1. The number of allylic oxidation sites excluding steroid dienone is 1. The van der Waals surface area contributed by atoms with Crippen LogP contribution in [0.4, 0.5) is 0 Å². The first kappa shape index (κ1) is 13.6. The molecule has 0 spiro atoms. The van der Waals surface area contributed by atoms with Gasteiger partial charge in [0.2, 0.25) is 0 Å². The number of rotatable bonds is 4. The van der Waals surface area contributed by atoms with Gasteiger partial charge in [-0.3, -0.25) is 0 Å². The van der Waals surface area contributed by atoms with Crippen molar-refractivity contribution < 1.29 is 5.21 Å². The number of oxime groups is 1. The van der Waals surface area contributed by atoms with Gasteiger partial charge in [-0.2, -0.15) is 0 Å². The second kappa shape index (κ2) is 6.34. The molecule has 0 saturated heterocycles. The molecule has 96 valence electrons. The van der Waals surface area contributed by atoms with Crippen molar-refractivity contribution in [1.82, 2.24) is 0 Å². The van der Waals surface area contributed by atoms with Crippen LogP contribution in [0.3, 0.4) is 0 Å². The summed E-state index contributed by atoms with van der Waals surface area (Å²) < 4.78 is 0.996. The van der Waals surface area contributed by atoms with E-state index in [4.69, 9.17) is 0 Å². The molecule has 0 heterocycles. The summed E-state index contributed by atoms with van der Waals surface area (Å²) in [5, 5.41) is 12.6. The van der Waals surface area contributed by atoms with E-state index in [2.05, 4.69) is 27.7 Å². The van der Waals surface area contributed by atoms with Gasteiger partial charge in [0.05, 0.1) is 5.71 Å². The van der Waals surface area contributed by atoms with Crippen LogP contribution >= 0.6 is 15.9 Å². The van der Waals surface area contributed by atoms with Gasteiger partial charge in [-0.05, 0) is 28.8 Å². The summed E-state index contributed by atoms with van der Waals surface area (Å²) >= 11 is 3.38. The molecule has 2 aromatic carbocycles. The van der Waals surface area contributed by atoms with Gasteiger partial charge in [0.25, 0.3) is 0 Å². The lowest BCUT2D eigenvalue weighted by molar-refractivity contribution is 0.318. The molecular weight excluding hydrogens is 302 g/mol. The predicted molar refractivity (Wildman–Crippen MR) is 82.6 cm³/mol. The van der Waals surface area contributed by atoms with Crippen LogP contribution in [0, 0.1) is 0 Å². The predicted octanol–water partition coefficient (Wildman–Crippen LogP) is 4.73. The molecule has 0 saturated carbocycles. The minimum atomic E-state index is 0.516. The molecule has 2 rings (SSSR count). The molecule has 0 radical (unpaired) electrons. The average Bonchev–Trinajstić information content (AvgIpc) is 2.46. The van der Waals surface area contributed by atoms with E-state index in [1.54, 1.807) is 0 Å². The SMILES string of the molecule is C=C(CC(=NO)c1ccc(Br)cc1)c1ccccc1. The first-order valence-electron chi connectivity index (χ1n) is 5.91. The molecule has 0 unspecified atom stereocenters. The van der Waals surface area contributed by atoms with Crippen molar-refractivity contribution in [2.24, 2.45) is 5.16 Å². The van der Waals surface area contributed by atoms with Crippen molar-refractivity contribution in [3.8, 4) is 0 Å². The first-order chi connectivity index (χ1) is 9.20. The van der Waals surface area contributed by atoms with Gasteiger partial charge in [0, 0.05) is 10.9 Å². The molecule has 2 nitrogen and oxygen atoms in total. The molecule has 19 heavy (non-hydrogen) atoms. The molecule has 3 heteroatoms. The van der Waals surface area contributed by atoms with Crippen molar-refractivity contribution in [3.05, 3.63) is 76.8 Å². The maximum absolute atomic E-state index is 9.18. The zero-order valence-electron chi connectivity index (χ0n) is 10.4.